The quantitative estimate of drug-likeness (QED) is 0.651. The van der Waals surface area contributed by atoms with Crippen LogP contribution in [0.3, 0.4) is 0 Å². The number of rotatable bonds is 4. The average Bonchev–Trinajstić information content (AvgIpc) is 3.32. The number of hydrogen-bond acceptors (Lipinski definition) is 8. The van der Waals surface area contributed by atoms with Crippen molar-refractivity contribution in [2.24, 2.45) is 0 Å². The Kier molecular flexibility index (Phi) is 5.47. The Bertz CT molecular complexity index is 1150. The van der Waals surface area contributed by atoms with Gasteiger partial charge in [-0.15, -0.1) is 22.7 Å². The fourth-order valence-corrected chi connectivity index (χ4v) is 4.57. The van der Waals surface area contributed by atoms with E-state index in [0.717, 1.165) is 26.9 Å². The minimum absolute atomic E-state index is 0.149. The molecule has 3 aromatic rings. The van der Waals surface area contributed by atoms with Crippen LogP contribution in [0.15, 0.2) is 34.7 Å². The second kappa shape index (κ2) is 7.93. The van der Waals surface area contributed by atoms with Crippen molar-refractivity contribution in [2.75, 3.05) is 18.0 Å². The van der Waals surface area contributed by atoms with E-state index in [9.17, 15) is 23.1 Å². The van der Waals surface area contributed by atoms with Crippen LogP contribution in [0.1, 0.15) is 20.3 Å². The van der Waals surface area contributed by atoms with E-state index in [0.29, 0.717) is 23.7 Å². The standard InChI is InChI=1S/C18H16F3N5O2S2/c1-10-4-11(9-29-10)13-2-3-25(8-14(13)27)15-6-23-26(17(28)24-15)7-12-5-22-16(30-12)18(19,20)21/h2,4-6,9,14,27H,3,7-8H2,1H3. The number of halogens is 3. The molecule has 3 aromatic heterocycles. The summed E-state index contributed by atoms with van der Waals surface area (Å²) in [6.45, 7) is 2.55. The summed E-state index contributed by atoms with van der Waals surface area (Å²) in [6.07, 6.45) is -0.927. The van der Waals surface area contributed by atoms with Crippen LogP contribution in [0, 0.1) is 6.92 Å². The highest BCUT2D eigenvalue weighted by Gasteiger charge is 2.34. The van der Waals surface area contributed by atoms with Crippen LogP contribution in [0.5, 0.6) is 0 Å². The summed E-state index contributed by atoms with van der Waals surface area (Å²) in [5, 5.41) is 15.6. The van der Waals surface area contributed by atoms with Crippen molar-refractivity contribution in [3.63, 3.8) is 0 Å². The smallest absolute Gasteiger partial charge is 0.387 e. The molecule has 12 heteroatoms. The molecule has 0 saturated heterocycles. The minimum Gasteiger partial charge on any atom is -0.387 e. The maximum atomic E-state index is 12.7. The van der Waals surface area contributed by atoms with Gasteiger partial charge in [0.1, 0.15) is 0 Å². The van der Waals surface area contributed by atoms with Crippen molar-refractivity contribution in [1.29, 1.82) is 0 Å². The lowest BCUT2D eigenvalue weighted by molar-refractivity contribution is -0.137. The Balaban J connectivity index is 1.49. The Labute approximate surface area is 176 Å². The van der Waals surface area contributed by atoms with Crippen LogP contribution < -0.4 is 10.6 Å². The zero-order valence-corrected chi connectivity index (χ0v) is 17.3. The molecule has 0 saturated carbocycles. The second-order valence-electron chi connectivity index (χ2n) is 6.71. The van der Waals surface area contributed by atoms with Gasteiger partial charge in [-0.2, -0.15) is 23.3 Å². The summed E-state index contributed by atoms with van der Waals surface area (Å²) in [4.78, 5) is 22.7. The number of aliphatic hydroxyl groups is 1. The number of thiophene rings is 1. The van der Waals surface area contributed by atoms with Crippen LogP contribution in [0.2, 0.25) is 0 Å². The van der Waals surface area contributed by atoms with E-state index in [2.05, 4.69) is 15.1 Å². The predicted molar refractivity (Wildman–Crippen MR) is 108 cm³/mol. The summed E-state index contributed by atoms with van der Waals surface area (Å²) < 4.78 is 39.0. The van der Waals surface area contributed by atoms with E-state index in [-0.39, 0.29) is 18.0 Å². The molecular weight excluding hydrogens is 439 g/mol. The maximum Gasteiger partial charge on any atom is 0.443 e. The fourth-order valence-electron chi connectivity index (χ4n) is 3.09. The summed E-state index contributed by atoms with van der Waals surface area (Å²) in [5.41, 5.74) is 1.13. The van der Waals surface area contributed by atoms with Gasteiger partial charge in [0.15, 0.2) is 10.8 Å². The van der Waals surface area contributed by atoms with Gasteiger partial charge >= 0.3 is 11.9 Å². The molecule has 1 N–H and O–H groups in total. The van der Waals surface area contributed by atoms with Crippen LogP contribution in [-0.4, -0.2) is 44.0 Å². The molecule has 0 aromatic carbocycles. The lowest BCUT2D eigenvalue weighted by atomic mass is 9.99. The van der Waals surface area contributed by atoms with E-state index in [1.807, 2.05) is 24.4 Å². The lowest BCUT2D eigenvalue weighted by Crippen LogP contribution is -2.39. The lowest BCUT2D eigenvalue weighted by Gasteiger charge is -2.30. The number of aryl methyl sites for hydroxylation is 1. The molecule has 0 fully saturated rings. The van der Waals surface area contributed by atoms with E-state index < -0.39 is 23.0 Å². The molecule has 4 rings (SSSR count). The van der Waals surface area contributed by atoms with Crippen molar-refractivity contribution in [1.82, 2.24) is 19.7 Å². The van der Waals surface area contributed by atoms with Crippen molar-refractivity contribution < 1.29 is 18.3 Å². The van der Waals surface area contributed by atoms with Gasteiger partial charge in [-0.05, 0) is 29.5 Å². The third-order valence-electron chi connectivity index (χ3n) is 4.52. The molecule has 30 heavy (non-hydrogen) atoms. The third kappa shape index (κ3) is 4.30. The Morgan fingerprint density at radius 3 is 2.73 bits per heavy atom. The minimum atomic E-state index is -4.52. The van der Waals surface area contributed by atoms with Gasteiger partial charge in [0, 0.05) is 29.0 Å². The molecule has 0 amide bonds. The van der Waals surface area contributed by atoms with Gasteiger partial charge in [-0.3, -0.25) is 0 Å². The normalized spacial score (nSPS) is 17.3. The SMILES string of the molecule is Cc1cc(C2=CCN(c3cnn(Cc4cnc(C(F)(F)F)s4)c(=O)n3)CC2O)cs1. The first kappa shape index (κ1) is 20.7. The van der Waals surface area contributed by atoms with E-state index in [1.54, 1.807) is 16.2 Å². The van der Waals surface area contributed by atoms with Gasteiger partial charge in [0.25, 0.3) is 0 Å². The maximum absolute atomic E-state index is 12.7. The number of aromatic nitrogens is 4. The topological polar surface area (TPSA) is 84.1 Å². The number of aliphatic hydroxyl groups excluding tert-OH is 1. The zero-order valence-electron chi connectivity index (χ0n) is 15.6. The Hall–Kier alpha value is -2.57. The molecule has 4 heterocycles. The molecule has 0 radical (unpaired) electrons. The van der Waals surface area contributed by atoms with E-state index in [4.69, 9.17) is 0 Å². The predicted octanol–water partition coefficient (Wildman–Crippen LogP) is 2.80. The van der Waals surface area contributed by atoms with Gasteiger partial charge in [-0.1, -0.05) is 6.08 Å². The van der Waals surface area contributed by atoms with Crippen LogP contribution >= 0.6 is 22.7 Å². The fraction of sp³-hybridized carbons (Fsp3) is 0.333. The second-order valence-corrected chi connectivity index (χ2v) is 8.94. The number of alkyl halides is 3. The summed E-state index contributed by atoms with van der Waals surface area (Å²) in [7, 11) is 0. The molecule has 0 aliphatic carbocycles. The number of hydrogen-bond donors (Lipinski definition) is 1. The monoisotopic (exact) mass is 455 g/mol. The van der Waals surface area contributed by atoms with Crippen molar-refractivity contribution >= 4 is 34.1 Å². The highest BCUT2D eigenvalue weighted by molar-refractivity contribution is 7.11. The van der Waals surface area contributed by atoms with E-state index in [1.165, 1.54) is 6.20 Å². The van der Waals surface area contributed by atoms with Crippen LogP contribution in [0.4, 0.5) is 19.0 Å². The van der Waals surface area contributed by atoms with Gasteiger partial charge in [0.05, 0.1) is 18.8 Å². The molecule has 0 bridgehead atoms. The Morgan fingerprint density at radius 2 is 2.13 bits per heavy atom. The highest BCUT2D eigenvalue weighted by atomic mass is 32.1. The molecule has 7 nitrogen and oxygen atoms in total. The summed E-state index contributed by atoms with van der Waals surface area (Å²) in [6, 6.07) is 2.01. The molecule has 1 aliphatic rings. The number of thiazole rings is 1. The molecule has 1 aliphatic heterocycles. The first-order valence-corrected chi connectivity index (χ1v) is 10.5. The van der Waals surface area contributed by atoms with Crippen molar-refractivity contribution in [3.8, 4) is 0 Å². The Morgan fingerprint density at radius 1 is 1.33 bits per heavy atom. The van der Waals surface area contributed by atoms with Crippen LogP contribution in [-0.2, 0) is 12.7 Å². The van der Waals surface area contributed by atoms with Gasteiger partial charge in [0.2, 0.25) is 0 Å². The highest BCUT2D eigenvalue weighted by Crippen LogP contribution is 2.32. The summed E-state index contributed by atoms with van der Waals surface area (Å²) in [5.74, 6) is 0.299. The van der Waals surface area contributed by atoms with Gasteiger partial charge in [-0.25, -0.2) is 14.5 Å². The number of anilines is 1. The molecular formula is C18H16F3N5O2S2. The first-order valence-electron chi connectivity index (χ1n) is 8.85. The molecule has 1 unspecified atom stereocenters. The zero-order chi connectivity index (χ0) is 21.5. The summed E-state index contributed by atoms with van der Waals surface area (Å²) >= 11 is 2.07. The first-order chi connectivity index (χ1) is 14.2. The average molecular weight is 455 g/mol. The van der Waals surface area contributed by atoms with Crippen molar-refractivity contribution in [3.05, 3.63) is 60.7 Å². The number of β-amino-alcohol motifs (C(OH)–C–C–N with tert-alkyl or cyclic N) is 1. The molecule has 158 valence electrons. The van der Waals surface area contributed by atoms with Gasteiger partial charge < -0.3 is 10.0 Å². The molecule has 1 atom stereocenters. The molecule has 0 spiro atoms. The van der Waals surface area contributed by atoms with E-state index >= 15 is 0 Å². The largest absolute Gasteiger partial charge is 0.443 e. The third-order valence-corrected chi connectivity index (χ3v) is 6.41. The van der Waals surface area contributed by atoms with Crippen LogP contribution in [0.25, 0.3) is 5.57 Å². The van der Waals surface area contributed by atoms with Crippen molar-refractivity contribution in [2.45, 2.75) is 25.7 Å². The number of nitrogens with zero attached hydrogens (tertiary/aromatic N) is 5.